The van der Waals surface area contributed by atoms with E-state index in [0.29, 0.717) is 18.0 Å². The first kappa shape index (κ1) is 15.1. The van der Waals surface area contributed by atoms with E-state index in [4.69, 9.17) is 9.15 Å². The van der Waals surface area contributed by atoms with Crippen molar-refractivity contribution in [1.29, 1.82) is 0 Å². The number of carbonyl (C=O) groups is 1. The number of nitrogens with zero attached hydrogens (tertiary/aromatic N) is 1. The quantitative estimate of drug-likeness (QED) is 0.725. The van der Waals surface area contributed by atoms with Crippen molar-refractivity contribution in [1.82, 2.24) is 4.98 Å². The van der Waals surface area contributed by atoms with Crippen LogP contribution >= 0.6 is 0 Å². The monoisotopic (exact) mass is 310 g/mol. The smallest absolute Gasteiger partial charge is 0.357 e. The first-order valence-corrected chi connectivity index (χ1v) is 7.50. The Morgan fingerprint density at radius 1 is 1.26 bits per heavy atom. The average molecular weight is 310 g/mol. The number of fused-ring (bicyclic) bond motifs is 1. The van der Waals surface area contributed by atoms with E-state index in [9.17, 15) is 4.79 Å². The number of aromatic nitrogens is 1. The van der Waals surface area contributed by atoms with Gasteiger partial charge in [0, 0.05) is 17.3 Å². The molecule has 0 saturated carbocycles. The van der Waals surface area contributed by atoms with Gasteiger partial charge in [0.1, 0.15) is 17.2 Å². The van der Waals surface area contributed by atoms with Crippen LogP contribution in [0.5, 0.6) is 0 Å². The maximum atomic E-state index is 12.0. The van der Waals surface area contributed by atoms with E-state index in [0.717, 1.165) is 22.4 Å². The summed E-state index contributed by atoms with van der Waals surface area (Å²) in [6.45, 7) is 5.94. The number of hydrogen-bond donors (Lipinski definition) is 1. The van der Waals surface area contributed by atoms with Gasteiger partial charge >= 0.3 is 5.97 Å². The zero-order valence-electron chi connectivity index (χ0n) is 13.3. The van der Waals surface area contributed by atoms with E-state index in [1.54, 1.807) is 13.0 Å². The molecule has 0 aliphatic heterocycles. The molecule has 0 unspecified atom stereocenters. The van der Waals surface area contributed by atoms with Crippen molar-refractivity contribution < 1.29 is 13.9 Å². The number of nitrogens with one attached hydrogen (secondary N) is 1. The van der Waals surface area contributed by atoms with Gasteiger partial charge in [-0.1, -0.05) is 18.2 Å². The Balaban J connectivity index is 2.14. The molecule has 0 radical (unpaired) electrons. The highest BCUT2D eigenvalue weighted by Gasteiger charge is 2.18. The van der Waals surface area contributed by atoms with Crippen molar-refractivity contribution in [3.05, 3.63) is 53.4 Å². The molecular formula is C18H18N2O3. The molecule has 5 heteroatoms. The van der Waals surface area contributed by atoms with Gasteiger partial charge < -0.3 is 14.5 Å². The summed E-state index contributed by atoms with van der Waals surface area (Å²) in [5, 5.41) is 4.13. The summed E-state index contributed by atoms with van der Waals surface area (Å²) >= 11 is 0. The summed E-state index contributed by atoms with van der Waals surface area (Å²) in [6, 6.07) is 11.3. The number of aryl methyl sites for hydroxylation is 2. The van der Waals surface area contributed by atoms with E-state index < -0.39 is 5.97 Å². The lowest BCUT2D eigenvalue weighted by atomic mass is 10.1. The molecule has 1 aromatic carbocycles. The number of carbonyl (C=O) groups excluding carboxylic acids is 1. The zero-order chi connectivity index (χ0) is 16.4. The minimum absolute atomic E-state index is 0.228. The standard InChI is InChI=1S/C18H18N2O3/c1-4-22-18(21)14-10-15-16(11(2)12(3)23-15)17(20-14)19-13-8-6-5-7-9-13/h5-10H,4H2,1-3H3,(H,19,20). The first-order chi connectivity index (χ1) is 11.1. The third-order valence-electron chi connectivity index (χ3n) is 3.67. The van der Waals surface area contributed by atoms with Crippen molar-refractivity contribution in [3.63, 3.8) is 0 Å². The Labute approximate surface area is 134 Å². The Kier molecular flexibility index (Phi) is 4.02. The van der Waals surface area contributed by atoms with Gasteiger partial charge in [-0.05, 0) is 32.9 Å². The van der Waals surface area contributed by atoms with Gasteiger partial charge in [0.15, 0.2) is 5.69 Å². The lowest BCUT2D eigenvalue weighted by molar-refractivity contribution is 0.0519. The van der Waals surface area contributed by atoms with E-state index >= 15 is 0 Å². The number of anilines is 2. The van der Waals surface area contributed by atoms with E-state index in [-0.39, 0.29) is 5.69 Å². The fourth-order valence-electron chi connectivity index (χ4n) is 2.44. The van der Waals surface area contributed by atoms with Gasteiger partial charge in [0.05, 0.1) is 12.0 Å². The molecule has 0 aliphatic carbocycles. The van der Waals surface area contributed by atoms with Crippen LogP contribution in [0.4, 0.5) is 11.5 Å². The van der Waals surface area contributed by atoms with E-state index in [1.807, 2.05) is 44.2 Å². The third-order valence-corrected chi connectivity index (χ3v) is 3.67. The normalized spacial score (nSPS) is 10.7. The zero-order valence-corrected chi connectivity index (χ0v) is 13.3. The molecular weight excluding hydrogens is 292 g/mol. The average Bonchev–Trinajstić information content (AvgIpc) is 2.83. The van der Waals surface area contributed by atoms with Gasteiger partial charge in [-0.2, -0.15) is 0 Å². The lowest BCUT2D eigenvalue weighted by Gasteiger charge is -2.09. The van der Waals surface area contributed by atoms with Crippen LogP contribution in [-0.2, 0) is 4.74 Å². The van der Waals surface area contributed by atoms with Crippen molar-refractivity contribution in [2.24, 2.45) is 0 Å². The number of furan rings is 1. The van der Waals surface area contributed by atoms with Crippen LogP contribution in [0.25, 0.3) is 11.0 Å². The number of hydrogen-bond acceptors (Lipinski definition) is 5. The van der Waals surface area contributed by atoms with Crippen LogP contribution in [0.1, 0.15) is 28.7 Å². The minimum atomic E-state index is -0.461. The SMILES string of the molecule is CCOC(=O)c1cc2oc(C)c(C)c2c(Nc2ccccc2)n1. The molecule has 0 atom stereocenters. The largest absolute Gasteiger partial charge is 0.461 e. The number of pyridine rings is 1. The van der Waals surface area contributed by atoms with Crippen LogP contribution in [-0.4, -0.2) is 17.6 Å². The van der Waals surface area contributed by atoms with Gasteiger partial charge in [-0.15, -0.1) is 0 Å². The van der Waals surface area contributed by atoms with Crippen LogP contribution in [0.2, 0.25) is 0 Å². The van der Waals surface area contributed by atoms with Gasteiger partial charge in [-0.3, -0.25) is 0 Å². The predicted molar refractivity (Wildman–Crippen MR) is 89.2 cm³/mol. The highest BCUT2D eigenvalue weighted by molar-refractivity contribution is 5.99. The summed E-state index contributed by atoms with van der Waals surface area (Å²) in [7, 11) is 0. The highest BCUT2D eigenvalue weighted by atomic mass is 16.5. The maximum Gasteiger partial charge on any atom is 0.357 e. The fraction of sp³-hybridized carbons (Fsp3) is 0.222. The fourth-order valence-corrected chi connectivity index (χ4v) is 2.44. The third kappa shape index (κ3) is 2.90. The van der Waals surface area contributed by atoms with Gasteiger partial charge in [-0.25, -0.2) is 9.78 Å². The van der Waals surface area contributed by atoms with Crippen LogP contribution < -0.4 is 5.32 Å². The number of rotatable bonds is 4. The second-order valence-corrected chi connectivity index (χ2v) is 5.22. The Hall–Kier alpha value is -2.82. The molecule has 23 heavy (non-hydrogen) atoms. The molecule has 5 nitrogen and oxygen atoms in total. The molecule has 3 aromatic rings. The molecule has 0 spiro atoms. The number of ether oxygens (including phenoxy) is 1. The predicted octanol–water partition coefficient (Wildman–Crippen LogP) is 4.36. The Bertz CT molecular complexity index is 854. The molecule has 1 N–H and O–H groups in total. The molecule has 3 rings (SSSR count). The van der Waals surface area contributed by atoms with E-state index in [2.05, 4.69) is 10.3 Å². The second-order valence-electron chi connectivity index (χ2n) is 5.22. The molecule has 0 bridgehead atoms. The topological polar surface area (TPSA) is 64.4 Å². The molecule has 0 saturated heterocycles. The van der Waals surface area contributed by atoms with Crippen molar-refractivity contribution in [2.45, 2.75) is 20.8 Å². The van der Waals surface area contributed by atoms with Gasteiger partial charge in [0.25, 0.3) is 0 Å². The number of esters is 1. The lowest BCUT2D eigenvalue weighted by Crippen LogP contribution is -2.08. The molecule has 0 aliphatic rings. The number of benzene rings is 1. The van der Waals surface area contributed by atoms with Crippen molar-refractivity contribution >= 4 is 28.4 Å². The summed E-state index contributed by atoms with van der Waals surface area (Å²) in [4.78, 5) is 16.5. The molecule has 0 fully saturated rings. The Morgan fingerprint density at radius 3 is 2.70 bits per heavy atom. The highest BCUT2D eigenvalue weighted by Crippen LogP contribution is 2.32. The summed E-state index contributed by atoms with van der Waals surface area (Å²) in [5.74, 6) is 0.933. The molecule has 2 aromatic heterocycles. The maximum absolute atomic E-state index is 12.0. The van der Waals surface area contributed by atoms with Crippen molar-refractivity contribution in [2.75, 3.05) is 11.9 Å². The molecule has 118 valence electrons. The Morgan fingerprint density at radius 2 is 2.00 bits per heavy atom. The summed E-state index contributed by atoms with van der Waals surface area (Å²) in [5.41, 5.74) is 2.74. The summed E-state index contributed by atoms with van der Waals surface area (Å²) in [6.07, 6.45) is 0. The number of para-hydroxylation sites is 1. The van der Waals surface area contributed by atoms with Crippen LogP contribution in [0, 0.1) is 13.8 Å². The van der Waals surface area contributed by atoms with Crippen molar-refractivity contribution in [3.8, 4) is 0 Å². The van der Waals surface area contributed by atoms with Crippen LogP contribution in [0.3, 0.4) is 0 Å². The van der Waals surface area contributed by atoms with Crippen LogP contribution in [0.15, 0.2) is 40.8 Å². The molecule has 2 heterocycles. The first-order valence-electron chi connectivity index (χ1n) is 7.50. The van der Waals surface area contributed by atoms with E-state index in [1.165, 1.54) is 0 Å². The minimum Gasteiger partial charge on any atom is -0.461 e. The second kappa shape index (κ2) is 6.12. The summed E-state index contributed by atoms with van der Waals surface area (Å²) < 4.78 is 10.8. The molecule has 0 amide bonds. The van der Waals surface area contributed by atoms with Gasteiger partial charge in [0.2, 0.25) is 0 Å².